The molecular formula is C14H17NO5. The summed E-state index contributed by atoms with van der Waals surface area (Å²) in [5.74, 6) is -0.692. The Balaban J connectivity index is 2.01. The summed E-state index contributed by atoms with van der Waals surface area (Å²) in [6.45, 7) is 1.33. The molecule has 1 amide bonds. The Morgan fingerprint density at radius 2 is 2.30 bits per heavy atom. The number of benzene rings is 1. The summed E-state index contributed by atoms with van der Waals surface area (Å²) >= 11 is 0. The lowest BCUT2D eigenvalue weighted by atomic mass is 10.0. The molecule has 0 saturated carbocycles. The molecule has 1 aliphatic rings. The fourth-order valence-corrected chi connectivity index (χ4v) is 2.16. The van der Waals surface area contributed by atoms with Gasteiger partial charge >= 0.3 is 5.97 Å². The van der Waals surface area contributed by atoms with E-state index in [0.29, 0.717) is 25.3 Å². The van der Waals surface area contributed by atoms with Gasteiger partial charge in [0, 0.05) is 31.4 Å². The van der Waals surface area contributed by atoms with Crippen molar-refractivity contribution < 1.29 is 24.2 Å². The quantitative estimate of drug-likeness (QED) is 0.857. The van der Waals surface area contributed by atoms with Crippen LogP contribution in [0.4, 0.5) is 5.69 Å². The molecule has 0 spiro atoms. The summed E-state index contributed by atoms with van der Waals surface area (Å²) in [6, 6.07) is 4.47. The highest BCUT2D eigenvalue weighted by atomic mass is 16.5. The lowest BCUT2D eigenvalue weighted by Crippen LogP contribution is -2.16. The van der Waals surface area contributed by atoms with Crippen molar-refractivity contribution >= 4 is 17.6 Å². The van der Waals surface area contributed by atoms with E-state index in [4.69, 9.17) is 14.6 Å². The van der Waals surface area contributed by atoms with Crippen LogP contribution in [0.25, 0.3) is 0 Å². The number of amides is 1. The van der Waals surface area contributed by atoms with Crippen molar-refractivity contribution in [2.24, 2.45) is 5.92 Å². The second-order valence-electron chi connectivity index (χ2n) is 4.70. The van der Waals surface area contributed by atoms with Crippen LogP contribution in [0.2, 0.25) is 0 Å². The molecule has 0 radical (unpaired) electrons. The summed E-state index contributed by atoms with van der Waals surface area (Å²) < 4.78 is 10.2. The molecule has 6 heteroatoms. The number of hydrogen-bond donors (Lipinski definition) is 2. The molecule has 0 aliphatic carbocycles. The number of rotatable bonds is 5. The van der Waals surface area contributed by atoms with Crippen molar-refractivity contribution in [3.8, 4) is 5.75 Å². The van der Waals surface area contributed by atoms with Gasteiger partial charge in [-0.1, -0.05) is 0 Å². The monoisotopic (exact) mass is 279 g/mol. The SMILES string of the molecule is COc1cc(NC(=O)CC2CCOC2)ccc1C(=O)O. The van der Waals surface area contributed by atoms with Gasteiger partial charge in [-0.25, -0.2) is 4.79 Å². The second-order valence-corrected chi connectivity index (χ2v) is 4.70. The van der Waals surface area contributed by atoms with Gasteiger partial charge in [-0.05, 0) is 24.5 Å². The summed E-state index contributed by atoms with van der Waals surface area (Å²) in [7, 11) is 1.39. The molecule has 20 heavy (non-hydrogen) atoms. The van der Waals surface area contributed by atoms with Gasteiger partial charge in [0.15, 0.2) is 0 Å². The number of anilines is 1. The molecule has 2 rings (SSSR count). The van der Waals surface area contributed by atoms with Gasteiger partial charge < -0.3 is 19.9 Å². The molecule has 1 aliphatic heterocycles. The fraction of sp³-hybridized carbons (Fsp3) is 0.429. The highest BCUT2D eigenvalue weighted by molar-refractivity contribution is 5.94. The number of nitrogens with one attached hydrogen (secondary N) is 1. The molecule has 1 aromatic carbocycles. The van der Waals surface area contributed by atoms with E-state index >= 15 is 0 Å². The Kier molecular flexibility index (Phi) is 4.57. The molecule has 0 bridgehead atoms. The molecule has 0 aromatic heterocycles. The van der Waals surface area contributed by atoms with E-state index in [9.17, 15) is 9.59 Å². The molecule has 1 fully saturated rings. The summed E-state index contributed by atoms with van der Waals surface area (Å²) in [5.41, 5.74) is 0.588. The van der Waals surface area contributed by atoms with E-state index in [1.54, 1.807) is 6.07 Å². The highest BCUT2D eigenvalue weighted by Gasteiger charge is 2.19. The first-order valence-corrected chi connectivity index (χ1v) is 6.39. The smallest absolute Gasteiger partial charge is 0.339 e. The molecule has 1 heterocycles. The lowest BCUT2D eigenvalue weighted by molar-refractivity contribution is -0.117. The molecule has 1 saturated heterocycles. The number of carbonyl (C=O) groups excluding carboxylic acids is 1. The Hall–Kier alpha value is -2.08. The average Bonchev–Trinajstić information content (AvgIpc) is 2.90. The second kappa shape index (κ2) is 6.38. The molecule has 1 unspecified atom stereocenters. The third-order valence-electron chi connectivity index (χ3n) is 3.21. The standard InChI is InChI=1S/C14H17NO5/c1-19-12-7-10(2-3-11(12)14(17)18)15-13(16)6-9-4-5-20-8-9/h2-3,7,9H,4-6,8H2,1H3,(H,15,16)(H,17,18). The zero-order valence-corrected chi connectivity index (χ0v) is 11.2. The van der Waals surface area contributed by atoms with Crippen LogP contribution in [0.15, 0.2) is 18.2 Å². The van der Waals surface area contributed by atoms with Crippen molar-refractivity contribution in [2.45, 2.75) is 12.8 Å². The van der Waals surface area contributed by atoms with E-state index in [0.717, 1.165) is 6.42 Å². The maximum Gasteiger partial charge on any atom is 0.339 e. The van der Waals surface area contributed by atoms with E-state index in [1.165, 1.54) is 19.2 Å². The maximum absolute atomic E-state index is 11.9. The maximum atomic E-state index is 11.9. The zero-order chi connectivity index (χ0) is 14.5. The third kappa shape index (κ3) is 3.48. The predicted octanol–water partition coefficient (Wildman–Crippen LogP) is 1.76. The van der Waals surface area contributed by atoms with Gasteiger partial charge in [0.25, 0.3) is 0 Å². The van der Waals surface area contributed by atoms with Crippen LogP contribution in [0.3, 0.4) is 0 Å². The largest absolute Gasteiger partial charge is 0.496 e. The minimum absolute atomic E-state index is 0.0645. The summed E-state index contributed by atoms with van der Waals surface area (Å²) in [6.07, 6.45) is 1.30. The number of carbonyl (C=O) groups is 2. The molecule has 2 N–H and O–H groups in total. The topological polar surface area (TPSA) is 84.9 Å². The number of methoxy groups -OCH3 is 1. The van der Waals surface area contributed by atoms with Crippen LogP contribution in [-0.2, 0) is 9.53 Å². The van der Waals surface area contributed by atoms with Crippen molar-refractivity contribution in [3.63, 3.8) is 0 Å². The van der Waals surface area contributed by atoms with Crippen LogP contribution in [0, 0.1) is 5.92 Å². The molecule has 1 aromatic rings. The molecule has 108 valence electrons. The van der Waals surface area contributed by atoms with E-state index < -0.39 is 5.97 Å². The first-order valence-electron chi connectivity index (χ1n) is 6.39. The normalized spacial score (nSPS) is 17.8. The van der Waals surface area contributed by atoms with Crippen LogP contribution in [0.5, 0.6) is 5.75 Å². The van der Waals surface area contributed by atoms with Crippen LogP contribution >= 0.6 is 0 Å². The Morgan fingerprint density at radius 3 is 2.90 bits per heavy atom. The van der Waals surface area contributed by atoms with E-state index in [-0.39, 0.29) is 23.1 Å². The zero-order valence-electron chi connectivity index (χ0n) is 11.2. The minimum atomic E-state index is -1.07. The summed E-state index contributed by atoms with van der Waals surface area (Å²) in [5, 5.41) is 11.7. The van der Waals surface area contributed by atoms with Gasteiger partial charge in [0.1, 0.15) is 11.3 Å². The number of carboxylic acid groups (broad SMARTS) is 1. The van der Waals surface area contributed by atoms with E-state index in [1.807, 2.05) is 0 Å². The number of aromatic carboxylic acids is 1. The Labute approximate surface area is 116 Å². The Morgan fingerprint density at radius 1 is 1.50 bits per heavy atom. The van der Waals surface area contributed by atoms with Crippen LogP contribution in [0.1, 0.15) is 23.2 Å². The number of hydrogen-bond acceptors (Lipinski definition) is 4. The van der Waals surface area contributed by atoms with Gasteiger partial charge in [0.2, 0.25) is 5.91 Å². The summed E-state index contributed by atoms with van der Waals surface area (Å²) in [4.78, 5) is 22.8. The number of ether oxygens (including phenoxy) is 2. The van der Waals surface area contributed by atoms with Gasteiger partial charge in [-0.3, -0.25) is 4.79 Å². The van der Waals surface area contributed by atoms with Gasteiger partial charge in [-0.2, -0.15) is 0 Å². The number of carboxylic acids is 1. The van der Waals surface area contributed by atoms with E-state index in [2.05, 4.69) is 5.32 Å². The first-order chi connectivity index (χ1) is 9.60. The average molecular weight is 279 g/mol. The van der Waals surface area contributed by atoms with Gasteiger partial charge in [-0.15, -0.1) is 0 Å². The van der Waals surface area contributed by atoms with Crippen molar-refractivity contribution in [1.82, 2.24) is 0 Å². The highest BCUT2D eigenvalue weighted by Crippen LogP contribution is 2.24. The molecule has 1 atom stereocenters. The van der Waals surface area contributed by atoms with Crippen LogP contribution in [-0.4, -0.2) is 37.3 Å². The van der Waals surface area contributed by atoms with Crippen molar-refractivity contribution in [2.75, 3.05) is 25.6 Å². The predicted molar refractivity (Wildman–Crippen MR) is 72.1 cm³/mol. The van der Waals surface area contributed by atoms with Crippen LogP contribution < -0.4 is 10.1 Å². The molecular weight excluding hydrogens is 262 g/mol. The minimum Gasteiger partial charge on any atom is -0.496 e. The van der Waals surface area contributed by atoms with Gasteiger partial charge in [0.05, 0.1) is 7.11 Å². The fourth-order valence-electron chi connectivity index (χ4n) is 2.16. The lowest BCUT2D eigenvalue weighted by Gasteiger charge is -2.11. The third-order valence-corrected chi connectivity index (χ3v) is 3.21. The van der Waals surface area contributed by atoms with Crippen molar-refractivity contribution in [3.05, 3.63) is 23.8 Å². The molecule has 6 nitrogen and oxygen atoms in total. The Bertz CT molecular complexity index is 508. The van der Waals surface area contributed by atoms with Crippen molar-refractivity contribution in [1.29, 1.82) is 0 Å². The first kappa shape index (κ1) is 14.3.